The summed E-state index contributed by atoms with van der Waals surface area (Å²) in [6.45, 7) is 5.36. The number of nitrogens with zero attached hydrogens (tertiary/aromatic N) is 5. The summed E-state index contributed by atoms with van der Waals surface area (Å²) >= 11 is 0. The number of anilines is 1. The molecule has 1 saturated heterocycles. The van der Waals surface area contributed by atoms with Crippen molar-refractivity contribution in [3.63, 3.8) is 0 Å². The van der Waals surface area contributed by atoms with Crippen molar-refractivity contribution in [3.8, 4) is 11.1 Å². The van der Waals surface area contributed by atoms with E-state index in [9.17, 15) is 4.79 Å². The number of aryl methyl sites for hydroxylation is 2. The van der Waals surface area contributed by atoms with Crippen LogP contribution >= 0.6 is 0 Å². The quantitative estimate of drug-likeness (QED) is 0.706. The second kappa shape index (κ2) is 7.84. The lowest BCUT2D eigenvalue weighted by Gasteiger charge is -2.25. The molecule has 0 bridgehead atoms. The molecular weight excluding hydrogens is 350 g/mol. The molecule has 6 heteroatoms. The smallest absolute Gasteiger partial charge is 0.253 e. The van der Waals surface area contributed by atoms with Gasteiger partial charge in [-0.25, -0.2) is 0 Å². The molecule has 4 rings (SSSR count). The van der Waals surface area contributed by atoms with Crippen LogP contribution in [0.3, 0.4) is 0 Å². The Bertz CT molecular complexity index is 980. The van der Waals surface area contributed by atoms with Crippen molar-refractivity contribution in [1.29, 1.82) is 0 Å². The molecule has 144 valence electrons. The van der Waals surface area contributed by atoms with E-state index in [-0.39, 0.29) is 5.91 Å². The molecule has 3 aromatic rings. The van der Waals surface area contributed by atoms with Crippen molar-refractivity contribution in [2.75, 3.05) is 31.1 Å². The Morgan fingerprint density at radius 1 is 1.04 bits per heavy atom. The number of hydrogen-bond acceptors (Lipinski definition) is 4. The normalized spacial score (nSPS) is 14.8. The maximum Gasteiger partial charge on any atom is 0.253 e. The van der Waals surface area contributed by atoms with Crippen LogP contribution in [0.25, 0.3) is 11.1 Å². The van der Waals surface area contributed by atoms with Gasteiger partial charge < -0.3 is 9.80 Å². The average molecular weight is 375 g/mol. The lowest BCUT2D eigenvalue weighted by atomic mass is 10.1. The summed E-state index contributed by atoms with van der Waals surface area (Å²) in [7, 11) is 1.89. The molecule has 0 aliphatic carbocycles. The van der Waals surface area contributed by atoms with Crippen LogP contribution in [-0.2, 0) is 7.05 Å². The van der Waals surface area contributed by atoms with Crippen LogP contribution in [0, 0.1) is 6.92 Å². The van der Waals surface area contributed by atoms with Crippen LogP contribution in [-0.4, -0.2) is 51.8 Å². The zero-order valence-electron chi connectivity index (χ0n) is 16.4. The number of amides is 1. The molecule has 3 heterocycles. The van der Waals surface area contributed by atoms with E-state index in [0.29, 0.717) is 0 Å². The second-order valence-electron chi connectivity index (χ2n) is 7.28. The first-order valence-electron chi connectivity index (χ1n) is 9.66. The molecule has 1 fully saturated rings. The molecule has 0 radical (unpaired) electrons. The van der Waals surface area contributed by atoms with Crippen molar-refractivity contribution >= 4 is 11.6 Å². The lowest BCUT2D eigenvalue weighted by molar-refractivity contribution is 0.0767. The van der Waals surface area contributed by atoms with Crippen molar-refractivity contribution in [3.05, 3.63) is 66.2 Å². The minimum Gasteiger partial charge on any atom is -0.369 e. The SMILES string of the molecule is Cc1cnccc1N1CCCN(C(=O)c2cccc(-c3cnn(C)c3)c2)CC1. The molecule has 0 spiro atoms. The van der Waals surface area contributed by atoms with Gasteiger partial charge in [0.2, 0.25) is 0 Å². The Morgan fingerprint density at radius 2 is 1.93 bits per heavy atom. The van der Waals surface area contributed by atoms with Gasteiger partial charge in [0.1, 0.15) is 0 Å². The van der Waals surface area contributed by atoms with Gasteiger partial charge in [-0.3, -0.25) is 14.5 Å². The molecule has 28 heavy (non-hydrogen) atoms. The molecule has 1 aromatic carbocycles. The highest BCUT2D eigenvalue weighted by Gasteiger charge is 2.21. The van der Waals surface area contributed by atoms with E-state index in [1.165, 1.54) is 11.3 Å². The summed E-state index contributed by atoms with van der Waals surface area (Å²) < 4.78 is 1.77. The monoisotopic (exact) mass is 375 g/mol. The number of hydrogen-bond donors (Lipinski definition) is 0. The Hall–Kier alpha value is -3.15. The van der Waals surface area contributed by atoms with Gasteiger partial charge in [0, 0.05) is 68.6 Å². The first-order valence-corrected chi connectivity index (χ1v) is 9.66. The average Bonchev–Trinajstić information content (AvgIpc) is 3.00. The second-order valence-corrected chi connectivity index (χ2v) is 7.28. The predicted molar refractivity (Wildman–Crippen MR) is 110 cm³/mol. The Kier molecular flexibility index (Phi) is 5.10. The minimum absolute atomic E-state index is 0.0963. The van der Waals surface area contributed by atoms with E-state index >= 15 is 0 Å². The Labute approximate surface area is 165 Å². The molecule has 0 unspecified atom stereocenters. The molecule has 0 atom stereocenters. The maximum absolute atomic E-state index is 13.1. The lowest BCUT2D eigenvalue weighted by Crippen LogP contribution is -2.35. The van der Waals surface area contributed by atoms with Gasteiger partial charge in [0.25, 0.3) is 5.91 Å². The number of benzene rings is 1. The highest BCUT2D eigenvalue weighted by atomic mass is 16.2. The highest BCUT2D eigenvalue weighted by Crippen LogP contribution is 2.22. The van der Waals surface area contributed by atoms with Crippen LogP contribution in [0.2, 0.25) is 0 Å². The largest absolute Gasteiger partial charge is 0.369 e. The van der Waals surface area contributed by atoms with E-state index in [4.69, 9.17) is 0 Å². The van der Waals surface area contributed by atoms with E-state index in [1.807, 2.05) is 61.0 Å². The number of carbonyl (C=O) groups excluding carboxylic acids is 1. The van der Waals surface area contributed by atoms with Gasteiger partial charge in [0.15, 0.2) is 0 Å². The van der Waals surface area contributed by atoms with E-state index in [2.05, 4.69) is 28.0 Å². The number of rotatable bonds is 3. The van der Waals surface area contributed by atoms with Gasteiger partial charge >= 0.3 is 0 Å². The highest BCUT2D eigenvalue weighted by molar-refractivity contribution is 5.95. The van der Waals surface area contributed by atoms with E-state index < -0.39 is 0 Å². The number of pyridine rings is 1. The zero-order chi connectivity index (χ0) is 19.5. The first kappa shape index (κ1) is 18.2. The summed E-state index contributed by atoms with van der Waals surface area (Å²) in [6, 6.07) is 9.89. The van der Waals surface area contributed by atoms with Crippen LogP contribution in [0.15, 0.2) is 55.1 Å². The van der Waals surface area contributed by atoms with Gasteiger partial charge in [-0.15, -0.1) is 0 Å². The van der Waals surface area contributed by atoms with Gasteiger partial charge in [-0.2, -0.15) is 5.10 Å². The van der Waals surface area contributed by atoms with Crippen molar-refractivity contribution in [2.45, 2.75) is 13.3 Å². The summed E-state index contributed by atoms with van der Waals surface area (Å²) in [4.78, 5) is 21.6. The Balaban J connectivity index is 1.49. The van der Waals surface area contributed by atoms with Crippen LogP contribution < -0.4 is 4.90 Å². The molecule has 2 aromatic heterocycles. The van der Waals surface area contributed by atoms with Crippen LogP contribution in [0.4, 0.5) is 5.69 Å². The van der Waals surface area contributed by atoms with E-state index in [1.54, 1.807) is 4.68 Å². The Morgan fingerprint density at radius 3 is 2.71 bits per heavy atom. The van der Waals surface area contributed by atoms with E-state index in [0.717, 1.165) is 49.3 Å². The third-order valence-electron chi connectivity index (χ3n) is 5.26. The van der Waals surface area contributed by atoms with Gasteiger partial charge in [-0.1, -0.05) is 12.1 Å². The molecule has 0 N–H and O–H groups in total. The molecule has 1 amide bonds. The fraction of sp³-hybridized carbons (Fsp3) is 0.318. The number of carbonyl (C=O) groups is 1. The van der Waals surface area contributed by atoms with Crippen molar-refractivity contribution in [1.82, 2.24) is 19.7 Å². The van der Waals surface area contributed by atoms with Crippen molar-refractivity contribution < 1.29 is 4.79 Å². The van der Waals surface area contributed by atoms with Crippen molar-refractivity contribution in [2.24, 2.45) is 7.05 Å². The van der Waals surface area contributed by atoms with Gasteiger partial charge in [0.05, 0.1) is 6.20 Å². The molecule has 1 aliphatic rings. The summed E-state index contributed by atoms with van der Waals surface area (Å²) in [5, 5.41) is 4.23. The zero-order valence-corrected chi connectivity index (χ0v) is 16.4. The van der Waals surface area contributed by atoms with Gasteiger partial charge in [-0.05, 0) is 42.7 Å². The molecule has 0 saturated carbocycles. The maximum atomic E-state index is 13.1. The summed E-state index contributed by atoms with van der Waals surface area (Å²) in [6.07, 6.45) is 8.47. The first-order chi connectivity index (χ1) is 13.6. The summed E-state index contributed by atoms with van der Waals surface area (Å²) in [5.74, 6) is 0.0963. The molecule has 1 aliphatic heterocycles. The number of aromatic nitrogens is 3. The summed E-state index contributed by atoms with van der Waals surface area (Å²) in [5.41, 5.74) is 5.15. The molecular formula is C22H25N5O. The molecule has 6 nitrogen and oxygen atoms in total. The predicted octanol–water partition coefficient (Wildman–Crippen LogP) is 3.14. The van der Waals surface area contributed by atoms with Crippen LogP contribution in [0.1, 0.15) is 22.3 Å². The topological polar surface area (TPSA) is 54.3 Å². The standard InChI is InChI=1S/C22H25N5O/c1-17-14-23-8-7-21(17)26-9-4-10-27(12-11-26)22(28)19-6-3-5-18(13-19)20-15-24-25(2)16-20/h3,5-8,13-16H,4,9-12H2,1-2H3. The fourth-order valence-electron chi connectivity index (χ4n) is 3.77. The third-order valence-corrected chi connectivity index (χ3v) is 5.26. The fourth-order valence-corrected chi connectivity index (χ4v) is 3.77. The van der Waals surface area contributed by atoms with Crippen LogP contribution in [0.5, 0.6) is 0 Å². The minimum atomic E-state index is 0.0963. The third kappa shape index (κ3) is 3.76.